The van der Waals surface area contributed by atoms with Crippen LogP contribution in [0, 0.1) is 0 Å². The standard InChI is InChI=1S/C29H35N3O5S/c1-5-22-11-13-27(14-12-22)38(34,35)32-16-15-31(24-17-25(36-3)19-26(18-24)37-4)21-28(32)29(33)30(2)20-23-9-7-6-8-10-23/h6-14,17-19,28H,5,15-16,20-21H2,1-4H3. The highest BCUT2D eigenvalue weighted by Gasteiger charge is 2.41. The van der Waals surface area contributed by atoms with E-state index in [0.717, 1.165) is 23.2 Å². The fourth-order valence-corrected chi connectivity index (χ4v) is 6.25. The number of hydrogen-bond acceptors (Lipinski definition) is 6. The maximum Gasteiger partial charge on any atom is 0.243 e. The van der Waals surface area contributed by atoms with Crippen molar-refractivity contribution in [1.29, 1.82) is 0 Å². The van der Waals surface area contributed by atoms with E-state index in [1.54, 1.807) is 44.4 Å². The van der Waals surface area contributed by atoms with Gasteiger partial charge in [0.2, 0.25) is 15.9 Å². The molecular formula is C29H35N3O5S. The Labute approximate surface area is 225 Å². The molecule has 202 valence electrons. The first kappa shape index (κ1) is 27.5. The molecule has 8 nitrogen and oxygen atoms in total. The van der Waals surface area contributed by atoms with Gasteiger partial charge in [0, 0.05) is 57.1 Å². The number of ether oxygens (including phenoxy) is 2. The summed E-state index contributed by atoms with van der Waals surface area (Å²) < 4.78 is 39.9. The van der Waals surface area contributed by atoms with E-state index in [4.69, 9.17) is 9.47 Å². The van der Waals surface area contributed by atoms with Crippen molar-refractivity contribution < 1.29 is 22.7 Å². The van der Waals surface area contributed by atoms with Crippen LogP contribution >= 0.6 is 0 Å². The third-order valence-electron chi connectivity index (χ3n) is 6.89. The number of piperazine rings is 1. The minimum absolute atomic E-state index is 0.160. The molecule has 1 fully saturated rings. The van der Waals surface area contributed by atoms with Crippen molar-refractivity contribution in [3.63, 3.8) is 0 Å². The molecule has 1 unspecified atom stereocenters. The fourth-order valence-electron chi connectivity index (χ4n) is 4.69. The minimum Gasteiger partial charge on any atom is -0.497 e. The van der Waals surface area contributed by atoms with Gasteiger partial charge in [0.15, 0.2) is 0 Å². The Morgan fingerprint density at radius 1 is 0.921 bits per heavy atom. The SMILES string of the molecule is CCc1ccc(S(=O)(=O)N2CCN(c3cc(OC)cc(OC)c3)CC2C(=O)N(C)Cc2ccccc2)cc1. The topological polar surface area (TPSA) is 79.4 Å². The van der Waals surface area contributed by atoms with Crippen LogP contribution in [0.4, 0.5) is 5.69 Å². The molecule has 1 saturated heterocycles. The highest BCUT2D eigenvalue weighted by Crippen LogP contribution is 2.31. The number of anilines is 1. The summed E-state index contributed by atoms with van der Waals surface area (Å²) in [5.74, 6) is 0.978. The van der Waals surface area contributed by atoms with Gasteiger partial charge < -0.3 is 19.3 Å². The summed E-state index contributed by atoms with van der Waals surface area (Å²) in [6.07, 6.45) is 0.814. The van der Waals surface area contributed by atoms with E-state index in [2.05, 4.69) is 0 Å². The molecule has 0 bridgehead atoms. The van der Waals surface area contributed by atoms with E-state index < -0.39 is 16.1 Å². The van der Waals surface area contributed by atoms with Crippen LogP contribution in [0.1, 0.15) is 18.1 Å². The molecule has 9 heteroatoms. The summed E-state index contributed by atoms with van der Waals surface area (Å²) in [4.78, 5) is 17.7. The number of hydrogen-bond donors (Lipinski definition) is 0. The van der Waals surface area contributed by atoms with Crippen molar-refractivity contribution in [3.8, 4) is 11.5 Å². The first-order chi connectivity index (χ1) is 18.3. The molecule has 0 N–H and O–H groups in total. The summed E-state index contributed by atoms with van der Waals surface area (Å²) in [5.41, 5.74) is 2.82. The Bertz CT molecular complexity index is 1320. The van der Waals surface area contributed by atoms with Crippen molar-refractivity contribution >= 4 is 21.6 Å². The van der Waals surface area contributed by atoms with Gasteiger partial charge in [-0.25, -0.2) is 8.42 Å². The molecule has 1 heterocycles. The molecule has 1 aliphatic rings. The number of likely N-dealkylation sites (N-methyl/N-ethyl adjacent to an activating group) is 1. The van der Waals surface area contributed by atoms with Gasteiger partial charge in [0.05, 0.1) is 19.1 Å². The molecule has 3 aromatic carbocycles. The Hall–Kier alpha value is -3.56. The Morgan fingerprint density at radius 2 is 1.55 bits per heavy atom. The summed E-state index contributed by atoms with van der Waals surface area (Å²) in [6, 6.07) is 21.2. The summed E-state index contributed by atoms with van der Waals surface area (Å²) >= 11 is 0. The second-order valence-corrected chi connectivity index (χ2v) is 11.2. The van der Waals surface area contributed by atoms with Crippen LogP contribution < -0.4 is 14.4 Å². The molecule has 0 aliphatic carbocycles. The maximum atomic E-state index is 13.9. The number of amides is 1. The van der Waals surface area contributed by atoms with Gasteiger partial charge in [0.1, 0.15) is 17.5 Å². The van der Waals surface area contributed by atoms with E-state index in [9.17, 15) is 13.2 Å². The number of methoxy groups -OCH3 is 2. The predicted molar refractivity (Wildman–Crippen MR) is 148 cm³/mol. The van der Waals surface area contributed by atoms with Crippen LogP contribution in [-0.4, -0.2) is 70.5 Å². The zero-order chi connectivity index (χ0) is 27.3. The lowest BCUT2D eigenvalue weighted by molar-refractivity contribution is -0.134. The summed E-state index contributed by atoms with van der Waals surface area (Å²) in [6.45, 7) is 3.16. The molecule has 0 spiro atoms. The third kappa shape index (κ3) is 5.95. The molecular weight excluding hydrogens is 502 g/mol. The van der Waals surface area contributed by atoms with E-state index >= 15 is 0 Å². The molecule has 0 saturated carbocycles. The molecule has 1 amide bonds. The number of aryl methyl sites for hydroxylation is 1. The molecule has 3 aromatic rings. The van der Waals surface area contributed by atoms with Crippen LogP contribution in [0.15, 0.2) is 77.7 Å². The van der Waals surface area contributed by atoms with Gasteiger partial charge in [0.25, 0.3) is 0 Å². The summed E-state index contributed by atoms with van der Waals surface area (Å²) in [5, 5.41) is 0. The zero-order valence-corrected chi connectivity index (χ0v) is 23.1. The monoisotopic (exact) mass is 537 g/mol. The average molecular weight is 538 g/mol. The van der Waals surface area contributed by atoms with E-state index in [-0.39, 0.29) is 23.9 Å². The van der Waals surface area contributed by atoms with Gasteiger partial charge in [-0.15, -0.1) is 0 Å². The molecule has 1 atom stereocenters. The second kappa shape index (κ2) is 11.9. The van der Waals surface area contributed by atoms with Crippen LogP contribution in [-0.2, 0) is 27.8 Å². The number of rotatable bonds is 9. The van der Waals surface area contributed by atoms with Gasteiger partial charge >= 0.3 is 0 Å². The number of benzene rings is 3. The summed E-state index contributed by atoms with van der Waals surface area (Å²) in [7, 11) is 0.965. The zero-order valence-electron chi connectivity index (χ0n) is 22.3. The molecule has 38 heavy (non-hydrogen) atoms. The highest BCUT2D eigenvalue weighted by molar-refractivity contribution is 7.89. The first-order valence-electron chi connectivity index (χ1n) is 12.6. The number of nitrogens with zero attached hydrogens (tertiary/aromatic N) is 3. The number of carbonyl (C=O) groups is 1. The second-order valence-electron chi connectivity index (χ2n) is 9.33. The van der Waals surface area contributed by atoms with Crippen LogP contribution in [0.3, 0.4) is 0 Å². The Kier molecular flexibility index (Phi) is 8.58. The van der Waals surface area contributed by atoms with Crippen molar-refractivity contribution in [2.24, 2.45) is 0 Å². The minimum atomic E-state index is -3.91. The first-order valence-corrected chi connectivity index (χ1v) is 14.1. The van der Waals surface area contributed by atoms with Gasteiger partial charge in [-0.2, -0.15) is 4.31 Å². The molecule has 0 aromatic heterocycles. The third-order valence-corrected chi connectivity index (χ3v) is 8.82. The van der Waals surface area contributed by atoms with Gasteiger partial charge in [-0.3, -0.25) is 4.79 Å². The van der Waals surface area contributed by atoms with Crippen molar-refractivity contribution in [1.82, 2.24) is 9.21 Å². The predicted octanol–water partition coefficient (Wildman–Crippen LogP) is 3.80. The van der Waals surface area contributed by atoms with Crippen LogP contribution in [0.5, 0.6) is 11.5 Å². The van der Waals surface area contributed by atoms with E-state index in [1.807, 2.05) is 66.4 Å². The van der Waals surface area contributed by atoms with E-state index in [1.165, 1.54) is 4.31 Å². The van der Waals surface area contributed by atoms with E-state index in [0.29, 0.717) is 24.6 Å². The quantitative estimate of drug-likeness (QED) is 0.413. The number of carbonyl (C=O) groups excluding carboxylic acids is 1. The smallest absolute Gasteiger partial charge is 0.243 e. The highest BCUT2D eigenvalue weighted by atomic mass is 32.2. The fraction of sp³-hybridized carbons (Fsp3) is 0.345. The van der Waals surface area contributed by atoms with Crippen LogP contribution in [0.2, 0.25) is 0 Å². The average Bonchev–Trinajstić information content (AvgIpc) is 2.96. The van der Waals surface area contributed by atoms with Crippen molar-refractivity contribution in [2.45, 2.75) is 30.8 Å². The lowest BCUT2D eigenvalue weighted by Gasteiger charge is -2.42. The normalized spacial score (nSPS) is 16.2. The molecule has 0 radical (unpaired) electrons. The maximum absolute atomic E-state index is 13.9. The number of sulfonamides is 1. The van der Waals surface area contributed by atoms with Gasteiger partial charge in [-0.05, 0) is 29.7 Å². The molecule has 1 aliphatic heterocycles. The Morgan fingerprint density at radius 3 is 2.13 bits per heavy atom. The Balaban J connectivity index is 1.68. The lowest BCUT2D eigenvalue weighted by atomic mass is 10.1. The van der Waals surface area contributed by atoms with Crippen molar-refractivity contribution in [2.75, 3.05) is 45.8 Å². The van der Waals surface area contributed by atoms with Crippen LogP contribution in [0.25, 0.3) is 0 Å². The van der Waals surface area contributed by atoms with Gasteiger partial charge in [-0.1, -0.05) is 49.4 Å². The largest absolute Gasteiger partial charge is 0.497 e. The van der Waals surface area contributed by atoms with Crippen molar-refractivity contribution in [3.05, 3.63) is 83.9 Å². The molecule has 4 rings (SSSR count). The lowest BCUT2D eigenvalue weighted by Crippen LogP contribution is -2.60.